The normalized spacial score (nSPS) is 19.2. The van der Waals surface area contributed by atoms with Crippen molar-refractivity contribution in [2.24, 2.45) is 10.9 Å². The lowest BCUT2D eigenvalue weighted by Gasteiger charge is -2.39. The van der Waals surface area contributed by atoms with Gasteiger partial charge in [-0.1, -0.05) is 30.7 Å². The van der Waals surface area contributed by atoms with Crippen LogP contribution in [-0.4, -0.2) is 59.0 Å². The third-order valence-corrected chi connectivity index (χ3v) is 5.57. The maximum atomic E-state index is 12.3. The standard InChI is InChI=1S/C21H29ClN6O.HI/c1-3-24-21(26-10-9-25-20(29)17-6-4-5-7-18(17)22)27-12-8-16(2)19(14-27)28-13-11-23-15-28;/h4-7,11,13,15-16,19H,3,8-10,12,14H2,1-2H3,(H,24,26)(H,25,29);1H. The smallest absolute Gasteiger partial charge is 0.252 e. The van der Waals surface area contributed by atoms with E-state index in [4.69, 9.17) is 16.6 Å². The summed E-state index contributed by atoms with van der Waals surface area (Å²) >= 11 is 6.08. The number of imidazole rings is 1. The number of rotatable bonds is 6. The first-order valence-electron chi connectivity index (χ1n) is 10.1. The van der Waals surface area contributed by atoms with Crippen molar-refractivity contribution in [3.8, 4) is 0 Å². The molecule has 0 saturated carbocycles. The Labute approximate surface area is 200 Å². The van der Waals surface area contributed by atoms with Gasteiger partial charge in [0.2, 0.25) is 0 Å². The second kappa shape index (κ2) is 12.1. The molecule has 0 spiro atoms. The summed E-state index contributed by atoms with van der Waals surface area (Å²) in [6.45, 7) is 7.95. The summed E-state index contributed by atoms with van der Waals surface area (Å²) in [4.78, 5) is 23.5. The minimum Gasteiger partial charge on any atom is -0.357 e. The number of aliphatic imine (C=N–C) groups is 1. The van der Waals surface area contributed by atoms with Crippen LogP contribution in [0.1, 0.15) is 36.7 Å². The molecule has 2 N–H and O–H groups in total. The van der Waals surface area contributed by atoms with Crippen LogP contribution in [0.25, 0.3) is 0 Å². The van der Waals surface area contributed by atoms with Crippen molar-refractivity contribution < 1.29 is 4.79 Å². The molecule has 0 aliphatic carbocycles. The average Bonchev–Trinajstić information content (AvgIpc) is 3.25. The van der Waals surface area contributed by atoms with Crippen LogP contribution in [-0.2, 0) is 0 Å². The first-order valence-corrected chi connectivity index (χ1v) is 10.5. The van der Waals surface area contributed by atoms with Crippen LogP contribution in [0.5, 0.6) is 0 Å². The molecule has 2 unspecified atom stereocenters. The van der Waals surface area contributed by atoms with Crippen molar-refractivity contribution in [3.63, 3.8) is 0 Å². The zero-order valence-corrected chi connectivity index (χ0v) is 20.5. The monoisotopic (exact) mass is 544 g/mol. The Morgan fingerprint density at radius 2 is 2.13 bits per heavy atom. The van der Waals surface area contributed by atoms with E-state index in [1.165, 1.54) is 0 Å². The van der Waals surface area contributed by atoms with Crippen molar-refractivity contribution in [1.82, 2.24) is 25.1 Å². The van der Waals surface area contributed by atoms with Gasteiger partial charge in [0.1, 0.15) is 0 Å². The zero-order valence-electron chi connectivity index (χ0n) is 17.4. The summed E-state index contributed by atoms with van der Waals surface area (Å²) < 4.78 is 2.18. The molecule has 2 aromatic rings. The Balaban J connectivity index is 0.00000320. The van der Waals surface area contributed by atoms with Gasteiger partial charge in [0, 0.05) is 38.6 Å². The Hall–Kier alpha value is -1.81. The van der Waals surface area contributed by atoms with Crippen molar-refractivity contribution in [1.29, 1.82) is 0 Å². The van der Waals surface area contributed by atoms with Gasteiger partial charge in [0.05, 0.1) is 29.5 Å². The number of carbonyl (C=O) groups excluding carboxylic acids is 1. The molecule has 30 heavy (non-hydrogen) atoms. The largest absolute Gasteiger partial charge is 0.357 e. The number of benzene rings is 1. The van der Waals surface area contributed by atoms with E-state index in [1.54, 1.807) is 18.2 Å². The van der Waals surface area contributed by atoms with Crippen LogP contribution in [0.3, 0.4) is 0 Å². The molecule has 1 aromatic heterocycles. The molecule has 2 atom stereocenters. The number of hydrogen-bond donors (Lipinski definition) is 2. The fraction of sp³-hybridized carbons (Fsp3) is 0.476. The lowest BCUT2D eigenvalue weighted by molar-refractivity contribution is 0.0955. The van der Waals surface area contributed by atoms with E-state index in [9.17, 15) is 4.79 Å². The second-order valence-corrected chi connectivity index (χ2v) is 7.67. The summed E-state index contributed by atoms with van der Waals surface area (Å²) in [5.74, 6) is 1.29. The van der Waals surface area contributed by atoms with E-state index in [0.717, 1.165) is 32.0 Å². The molecule has 1 amide bonds. The van der Waals surface area contributed by atoms with E-state index in [-0.39, 0.29) is 29.9 Å². The molecule has 164 valence electrons. The number of likely N-dealkylation sites (tertiary alicyclic amines) is 1. The summed E-state index contributed by atoms with van der Waals surface area (Å²) in [5.41, 5.74) is 0.484. The molecular formula is C21H30ClIN6O. The molecule has 1 aliphatic heterocycles. The zero-order chi connectivity index (χ0) is 20.6. The first-order chi connectivity index (χ1) is 14.1. The molecule has 9 heteroatoms. The van der Waals surface area contributed by atoms with Gasteiger partial charge in [-0.3, -0.25) is 9.79 Å². The van der Waals surface area contributed by atoms with Crippen LogP contribution in [0.15, 0.2) is 48.0 Å². The third-order valence-electron chi connectivity index (χ3n) is 5.24. The van der Waals surface area contributed by atoms with Gasteiger partial charge < -0.3 is 20.1 Å². The number of nitrogens with one attached hydrogen (secondary N) is 2. The number of nitrogens with zero attached hydrogens (tertiary/aromatic N) is 4. The molecule has 1 fully saturated rings. The van der Waals surface area contributed by atoms with Crippen LogP contribution in [0, 0.1) is 5.92 Å². The lowest BCUT2D eigenvalue weighted by atomic mass is 9.93. The SMILES string of the molecule is CCNC(=NCCNC(=O)c1ccccc1Cl)N1CCC(C)C(n2ccnc2)C1.I. The van der Waals surface area contributed by atoms with Gasteiger partial charge in [-0.15, -0.1) is 24.0 Å². The number of carbonyl (C=O) groups is 1. The highest BCUT2D eigenvalue weighted by Gasteiger charge is 2.28. The third kappa shape index (κ3) is 6.34. The van der Waals surface area contributed by atoms with Crippen molar-refractivity contribution in [2.45, 2.75) is 26.3 Å². The topological polar surface area (TPSA) is 74.6 Å². The number of piperidine rings is 1. The minimum absolute atomic E-state index is 0. The maximum absolute atomic E-state index is 12.3. The Morgan fingerprint density at radius 3 is 2.83 bits per heavy atom. The highest BCUT2D eigenvalue weighted by Crippen LogP contribution is 2.27. The van der Waals surface area contributed by atoms with E-state index < -0.39 is 0 Å². The van der Waals surface area contributed by atoms with Gasteiger partial charge in [-0.05, 0) is 31.4 Å². The quantitative estimate of drug-likeness (QED) is 0.253. The Bertz CT molecular complexity index is 829. The molecule has 3 rings (SSSR count). The van der Waals surface area contributed by atoms with Gasteiger partial charge in [-0.25, -0.2) is 4.98 Å². The van der Waals surface area contributed by atoms with Gasteiger partial charge in [-0.2, -0.15) is 0 Å². The van der Waals surface area contributed by atoms with Crippen molar-refractivity contribution in [3.05, 3.63) is 53.6 Å². The van der Waals surface area contributed by atoms with E-state index in [2.05, 4.69) is 38.9 Å². The molecule has 1 aliphatic rings. The minimum atomic E-state index is -0.178. The van der Waals surface area contributed by atoms with Crippen LogP contribution < -0.4 is 10.6 Å². The van der Waals surface area contributed by atoms with E-state index in [0.29, 0.717) is 35.6 Å². The summed E-state index contributed by atoms with van der Waals surface area (Å²) in [7, 11) is 0. The number of aromatic nitrogens is 2. The Morgan fingerprint density at radius 1 is 1.33 bits per heavy atom. The summed E-state index contributed by atoms with van der Waals surface area (Å²) in [6, 6.07) is 7.41. The van der Waals surface area contributed by atoms with Crippen LogP contribution in [0.4, 0.5) is 0 Å². The number of amides is 1. The van der Waals surface area contributed by atoms with Crippen molar-refractivity contribution in [2.75, 3.05) is 32.7 Å². The molecular weight excluding hydrogens is 515 g/mol. The fourth-order valence-corrected chi connectivity index (χ4v) is 3.81. The highest BCUT2D eigenvalue weighted by molar-refractivity contribution is 14.0. The van der Waals surface area contributed by atoms with E-state index >= 15 is 0 Å². The second-order valence-electron chi connectivity index (χ2n) is 7.26. The molecule has 1 saturated heterocycles. The van der Waals surface area contributed by atoms with Crippen molar-refractivity contribution >= 4 is 47.4 Å². The molecule has 7 nitrogen and oxygen atoms in total. The Kier molecular flexibility index (Phi) is 9.90. The summed E-state index contributed by atoms with van der Waals surface area (Å²) in [6.07, 6.45) is 6.83. The van der Waals surface area contributed by atoms with Crippen LogP contribution in [0.2, 0.25) is 5.02 Å². The predicted molar refractivity (Wildman–Crippen MR) is 132 cm³/mol. The molecule has 0 bridgehead atoms. The predicted octanol–water partition coefficient (Wildman–Crippen LogP) is 3.43. The number of guanidine groups is 1. The average molecular weight is 545 g/mol. The number of halogens is 2. The van der Waals surface area contributed by atoms with Gasteiger partial charge in [0.15, 0.2) is 5.96 Å². The van der Waals surface area contributed by atoms with Gasteiger partial charge >= 0.3 is 0 Å². The highest BCUT2D eigenvalue weighted by atomic mass is 127. The molecule has 2 heterocycles. The van der Waals surface area contributed by atoms with Crippen LogP contribution >= 0.6 is 35.6 Å². The fourth-order valence-electron chi connectivity index (χ4n) is 3.59. The van der Waals surface area contributed by atoms with Gasteiger partial charge in [0.25, 0.3) is 5.91 Å². The lowest BCUT2D eigenvalue weighted by Crippen LogP contribution is -2.49. The molecule has 1 aromatic carbocycles. The molecule has 0 radical (unpaired) electrons. The maximum Gasteiger partial charge on any atom is 0.252 e. The summed E-state index contributed by atoms with van der Waals surface area (Å²) in [5, 5.41) is 6.72. The van der Waals surface area contributed by atoms with E-state index in [1.807, 2.05) is 24.8 Å². The first kappa shape index (κ1) is 24.5. The number of hydrogen-bond acceptors (Lipinski definition) is 3.